The summed E-state index contributed by atoms with van der Waals surface area (Å²) in [7, 11) is 1.77. The summed E-state index contributed by atoms with van der Waals surface area (Å²) in [6.45, 7) is 4.34. The molecule has 2 unspecified atom stereocenters. The van der Waals surface area contributed by atoms with Crippen LogP contribution in [0.25, 0.3) is 11.9 Å². The predicted molar refractivity (Wildman–Crippen MR) is 132 cm³/mol. The van der Waals surface area contributed by atoms with Gasteiger partial charge in [-0.25, -0.2) is 13.2 Å². The highest BCUT2D eigenvalue weighted by atomic mass is 35.5. The van der Waals surface area contributed by atoms with Gasteiger partial charge in [0.25, 0.3) is 5.92 Å². The highest BCUT2D eigenvalue weighted by molar-refractivity contribution is 6.48. The first-order valence-corrected chi connectivity index (χ1v) is 11.6. The Morgan fingerprint density at radius 2 is 1.60 bits per heavy atom. The van der Waals surface area contributed by atoms with Gasteiger partial charge < -0.3 is 5.32 Å². The average Bonchev–Trinajstić information content (AvgIpc) is 2.73. The molecule has 2 rings (SSSR count). The van der Waals surface area contributed by atoms with Gasteiger partial charge in [0.2, 0.25) is 0 Å². The third-order valence-corrected chi connectivity index (χ3v) is 6.55. The van der Waals surface area contributed by atoms with Crippen LogP contribution >= 0.6 is 34.8 Å². The van der Waals surface area contributed by atoms with Gasteiger partial charge in [-0.15, -0.1) is 0 Å². The molecule has 0 heterocycles. The summed E-state index contributed by atoms with van der Waals surface area (Å²) in [5, 5.41) is 2.44. The van der Waals surface area contributed by atoms with E-state index in [1.54, 1.807) is 20.0 Å². The molecule has 0 spiro atoms. The van der Waals surface area contributed by atoms with Crippen LogP contribution in [0.15, 0.2) is 42.0 Å². The second kappa shape index (κ2) is 11.6. The summed E-state index contributed by atoms with van der Waals surface area (Å²) < 4.78 is 85.2. The first-order chi connectivity index (χ1) is 16.0. The van der Waals surface area contributed by atoms with E-state index in [2.05, 4.69) is 5.32 Å². The quantitative estimate of drug-likeness (QED) is 0.251. The van der Waals surface area contributed by atoms with E-state index in [1.807, 2.05) is 6.92 Å². The topological polar surface area (TPSA) is 12.0 Å². The molecule has 0 aromatic heterocycles. The van der Waals surface area contributed by atoms with Gasteiger partial charge in [-0.2, -0.15) is 13.2 Å². The van der Waals surface area contributed by atoms with E-state index in [0.29, 0.717) is 19.4 Å². The van der Waals surface area contributed by atoms with Crippen LogP contribution < -0.4 is 5.32 Å². The third-order valence-electron chi connectivity index (χ3n) is 5.36. The highest BCUT2D eigenvalue weighted by Crippen LogP contribution is 2.42. The molecule has 0 fully saturated rings. The summed E-state index contributed by atoms with van der Waals surface area (Å²) in [4.78, 5) is 0. The van der Waals surface area contributed by atoms with Crippen molar-refractivity contribution < 1.29 is 26.3 Å². The second-order valence-corrected chi connectivity index (χ2v) is 9.60. The minimum absolute atomic E-state index is 0.102. The van der Waals surface area contributed by atoms with Gasteiger partial charge in [0.1, 0.15) is 11.7 Å². The van der Waals surface area contributed by atoms with Crippen LogP contribution in [0.5, 0.6) is 0 Å². The molecule has 35 heavy (non-hydrogen) atoms. The Morgan fingerprint density at radius 3 is 2.09 bits per heavy atom. The van der Waals surface area contributed by atoms with Gasteiger partial charge in [-0.3, -0.25) is 0 Å². The van der Waals surface area contributed by atoms with Crippen molar-refractivity contribution in [1.82, 2.24) is 5.32 Å². The molecule has 0 radical (unpaired) electrons. The van der Waals surface area contributed by atoms with Crippen molar-refractivity contribution in [2.24, 2.45) is 0 Å². The molecule has 0 aliphatic carbocycles. The molecular weight excluding hydrogens is 535 g/mol. The Morgan fingerprint density at radius 1 is 1.03 bits per heavy atom. The summed E-state index contributed by atoms with van der Waals surface area (Å²) in [6.07, 6.45) is -2.47. The molecule has 0 amide bonds. The van der Waals surface area contributed by atoms with Crippen molar-refractivity contribution in [3.8, 4) is 0 Å². The normalized spacial score (nSPS) is 15.3. The van der Waals surface area contributed by atoms with E-state index >= 15 is 4.39 Å². The van der Waals surface area contributed by atoms with Gasteiger partial charge in [0.15, 0.2) is 0 Å². The predicted octanol–water partition coefficient (Wildman–Crippen LogP) is 9.82. The van der Waals surface area contributed by atoms with E-state index in [0.717, 1.165) is 29.8 Å². The zero-order chi connectivity index (χ0) is 26.7. The van der Waals surface area contributed by atoms with Gasteiger partial charge in [0.05, 0.1) is 15.1 Å². The van der Waals surface area contributed by atoms with Gasteiger partial charge >= 0.3 is 6.18 Å². The van der Waals surface area contributed by atoms with Crippen LogP contribution in [0.2, 0.25) is 15.1 Å². The number of allylic oxidation sites excluding steroid dienone is 1. The monoisotopic (exact) mass is 557 g/mol. The third kappa shape index (κ3) is 7.91. The SMILES string of the molecule is CNC(C)C/C(C)=C/c1ccc(/C(F)=C/C(c2cc(Cl)c(Cl)c(Cl)c2)C(F)(F)F)cc1C(C)(F)F. The summed E-state index contributed by atoms with van der Waals surface area (Å²) in [5.41, 5.74) is -0.411. The van der Waals surface area contributed by atoms with Crippen LogP contribution in [0.1, 0.15) is 55.4 Å². The van der Waals surface area contributed by atoms with E-state index in [-0.39, 0.29) is 26.7 Å². The summed E-state index contributed by atoms with van der Waals surface area (Å²) in [6, 6.07) is 5.27. The summed E-state index contributed by atoms with van der Waals surface area (Å²) in [5.74, 6) is -7.13. The van der Waals surface area contributed by atoms with E-state index in [9.17, 15) is 22.0 Å². The number of rotatable bonds is 8. The Bertz CT molecular complexity index is 1100. The van der Waals surface area contributed by atoms with Crippen molar-refractivity contribution >= 4 is 46.7 Å². The molecule has 0 aliphatic rings. The lowest BCUT2D eigenvalue weighted by Gasteiger charge is -2.20. The van der Waals surface area contributed by atoms with E-state index < -0.39 is 40.5 Å². The van der Waals surface area contributed by atoms with Crippen molar-refractivity contribution in [3.05, 3.63) is 79.3 Å². The summed E-state index contributed by atoms with van der Waals surface area (Å²) >= 11 is 17.5. The fourth-order valence-corrected chi connectivity index (χ4v) is 4.11. The number of alkyl halides is 5. The molecule has 1 N–H and O–H groups in total. The van der Waals surface area contributed by atoms with Crippen molar-refractivity contribution in [2.75, 3.05) is 7.05 Å². The average molecular weight is 559 g/mol. The standard InChI is InChI=1S/C25H24Cl3F6N/c1-13(7-14(2)35-4)8-15-5-6-16(9-18(15)24(3,30)31)22(29)12-19(25(32,33)34)17-10-20(26)23(28)21(27)11-17/h5-6,8-12,14,19,35H,7H2,1-4H3/b13-8+,22-12-. The van der Waals surface area contributed by atoms with Crippen molar-refractivity contribution in [2.45, 2.75) is 51.3 Å². The molecule has 2 aromatic rings. The second-order valence-electron chi connectivity index (χ2n) is 8.41. The lowest BCUT2D eigenvalue weighted by molar-refractivity contribution is -0.139. The van der Waals surface area contributed by atoms with Crippen LogP contribution in [0.3, 0.4) is 0 Å². The van der Waals surface area contributed by atoms with Crippen LogP contribution in [-0.4, -0.2) is 19.3 Å². The van der Waals surface area contributed by atoms with Crippen LogP contribution in [0, 0.1) is 0 Å². The van der Waals surface area contributed by atoms with Gasteiger partial charge in [0, 0.05) is 24.1 Å². The molecule has 0 saturated carbocycles. The molecular formula is C25H24Cl3F6N. The highest BCUT2D eigenvalue weighted by Gasteiger charge is 2.40. The van der Waals surface area contributed by atoms with Crippen molar-refractivity contribution in [3.63, 3.8) is 0 Å². The Hall–Kier alpha value is -1.67. The van der Waals surface area contributed by atoms with Crippen LogP contribution in [-0.2, 0) is 5.92 Å². The Balaban J connectivity index is 2.57. The molecule has 192 valence electrons. The largest absolute Gasteiger partial charge is 0.399 e. The molecule has 2 atom stereocenters. The Labute approximate surface area is 215 Å². The minimum Gasteiger partial charge on any atom is -0.317 e. The first kappa shape index (κ1) is 29.6. The molecule has 0 saturated heterocycles. The number of nitrogens with one attached hydrogen (secondary N) is 1. The van der Waals surface area contributed by atoms with Gasteiger partial charge in [-0.1, -0.05) is 58.6 Å². The fourth-order valence-electron chi connectivity index (χ4n) is 3.50. The maximum atomic E-state index is 15.1. The van der Waals surface area contributed by atoms with Crippen LogP contribution in [0.4, 0.5) is 26.3 Å². The lowest BCUT2D eigenvalue weighted by Crippen LogP contribution is -2.21. The molecule has 1 nitrogen and oxygen atoms in total. The lowest BCUT2D eigenvalue weighted by atomic mass is 9.94. The van der Waals surface area contributed by atoms with Gasteiger partial charge in [-0.05, 0) is 62.7 Å². The number of benzene rings is 2. The number of hydrogen-bond acceptors (Lipinski definition) is 1. The van der Waals surface area contributed by atoms with E-state index in [1.165, 1.54) is 6.07 Å². The maximum Gasteiger partial charge on any atom is 0.399 e. The fraction of sp³-hybridized carbons (Fsp3) is 0.360. The number of halogens is 9. The molecule has 10 heteroatoms. The smallest absolute Gasteiger partial charge is 0.317 e. The maximum absolute atomic E-state index is 15.1. The molecule has 0 aliphatic heterocycles. The zero-order valence-corrected chi connectivity index (χ0v) is 21.6. The Kier molecular flexibility index (Phi) is 9.79. The zero-order valence-electron chi connectivity index (χ0n) is 19.3. The van der Waals surface area contributed by atoms with E-state index in [4.69, 9.17) is 34.8 Å². The number of hydrogen-bond donors (Lipinski definition) is 1. The minimum atomic E-state index is -4.92. The first-order valence-electron chi connectivity index (χ1n) is 10.5. The van der Waals surface area contributed by atoms with Crippen molar-refractivity contribution in [1.29, 1.82) is 0 Å². The molecule has 0 bridgehead atoms. The molecule has 2 aromatic carbocycles.